The van der Waals surface area contributed by atoms with Gasteiger partial charge in [0.15, 0.2) is 0 Å². The summed E-state index contributed by atoms with van der Waals surface area (Å²) in [6, 6.07) is 3.96. The van der Waals surface area contributed by atoms with Gasteiger partial charge in [0.25, 0.3) is 5.91 Å². The highest BCUT2D eigenvalue weighted by atomic mass is 32.1. The van der Waals surface area contributed by atoms with Crippen molar-refractivity contribution in [2.75, 3.05) is 13.1 Å². The van der Waals surface area contributed by atoms with Gasteiger partial charge in [0.1, 0.15) is 0 Å². The largest absolute Gasteiger partial charge is 0.278 e. The molecule has 0 aliphatic carbocycles. The number of hydrogen-bond donors (Lipinski definition) is 1. The lowest BCUT2D eigenvalue weighted by molar-refractivity contribution is 0.0731. The molecule has 0 unspecified atom stereocenters. The van der Waals surface area contributed by atoms with E-state index >= 15 is 0 Å². The molecule has 1 fully saturated rings. The molecule has 0 atom stereocenters. The number of thiophene rings is 1. The number of nitrogens with one attached hydrogen (secondary N) is 1. The third kappa shape index (κ3) is 1.81. The number of carbonyl (C=O) groups is 1. The number of hydrogen-bond acceptors (Lipinski definition) is 3. The number of hydrazine groups is 1. The standard InChI is InChI=1S/C10H14N2OS/c1-2-8-4-5-9(14-8)10(13)12-7-3-6-11-12/h4-5,11H,2-3,6-7H2,1H3. The molecule has 4 heteroatoms. The maximum absolute atomic E-state index is 11.9. The van der Waals surface area contributed by atoms with Gasteiger partial charge in [-0.1, -0.05) is 6.92 Å². The fourth-order valence-corrected chi connectivity index (χ4v) is 2.42. The first-order valence-corrected chi connectivity index (χ1v) is 5.77. The zero-order chi connectivity index (χ0) is 9.97. The minimum absolute atomic E-state index is 0.118. The molecule has 1 aliphatic rings. The SMILES string of the molecule is CCc1ccc(C(=O)N2CCCN2)s1. The van der Waals surface area contributed by atoms with Crippen LogP contribution < -0.4 is 5.43 Å². The first kappa shape index (κ1) is 9.68. The number of amides is 1. The van der Waals surface area contributed by atoms with Gasteiger partial charge in [-0.2, -0.15) is 0 Å². The highest BCUT2D eigenvalue weighted by molar-refractivity contribution is 7.14. The van der Waals surface area contributed by atoms with Crippen LogP contribution in [-0.4, -0.2) is 24.0 Å². The van der Waals surface area contributed by atoms with Gasteiger partial charge in [0.2, 0.25) is 0 Å². The molecule has 76 valence electrons. The van der Waals surface area contributed by atoms with Crippen LogP contribution in [-0.2, 0) is 6.42 Å². The molecule has 1 aromatic rings. The molecule has 1 N–H and O–H groups in total. The van der Waals surface area contributed by atoms with Gasteiger partial charge in [-0.3, -0.25) is 9.80 Å². The molecular weight excluding hydrogens is 196 g/mol. The Hall–Kier alpha value is -0.870. The molecular formula is C10H14N2OS. The predicted molar refractivity (Wildman–Crippen MR) is 57.4 cm³/mol. The molecule has 1 aromatic heterocycles. The fourth-order valence-electron chi connectivity index (χ4n) is 1.52. The first-order chi connectivity index (χ1) is 6.81. The Morgan fingerprint density at radius 3 is 3.07 bits per heavy atom. The summed E-state index contributed by atoms with van der Waals surface area (Å²) in [7, 11) is 0. The topological polar surface area (TPSA) is 32.3 Å². The summed E-state index contributed by atoms with van der Waals surface area (Å²) in [6.07, 6.45) is 2.06. The minimum Gasteiger partial charge on any atom is -0.273 e. The Kier molecular flexibility index (Phi) is 2.84. The van der Waals surface area contributed by atoms with Gasteiger partial charge in [-0.25, -0.2) is 5.43 Å². The summed E-state index contributed by atoms with van der Waals surface area (Å²) in [4.78, 5) is 14.0. The van der Waals surface area contributed by atoms with Crippen LogP contribution in [0.4, 0.5) is 0 Å². The van der Waals surface area contributed by atoms with Crippen LogP contribution in [0.5, 0.6) is 0 Å². The predicted octanol–water partition coefficient (Wildman–Crippen LogP) is 1.66. The lowest BCUT2D eigenvalue weighted by atomic mass is 10.3. The van der Waals surface area contributed by atoms with Crippen molar-refractivity contribution in [1.82, 2.24) is 10.4 Å². The summed E-state index contributed by atoms with van der Waals surface area (Å²) < 4.78 is 0. The van der Waals surface area contributed by atoms with Crippen molar-refractivity contribution in [2.45, 2.75) is 19.8 Å². The third-order valence-corrected chi connectivity index (χ3v) is 3.54. The quantitative estimate of drug-likeness (QED) is 0.805. The van der Waals surface area contributed by atoms with E-state index in [9.17, 15) is 4.79 Å². The zero-order valence-corrected chi connectivity index (χ0v) is 9.06. The highest BCUT2D eigenvalue weighted by Gasteiger charge is 2.20. The summed E-state index contributed by atoms with van der Waals surface area (Å²) in [5.41, 5.74) is 3.07. The van der Waals surface area contributed by atoms with E-state index in [0.29, 0.717) is 0 Å². The van der Waals surface area contributed by atoms with Crippen LogP contribution in [0.1, 0.15) is 27.9 Å². The van der Waals surface area contributed by atoms with Crippen molar-refractivity contribution in [3.05, 3.63) is 21.9 Å². The van der Waals surface area contributed by atoms with Crippen molar-refractivity contribution in [1.29, 1.82) is 0 Å². The van der Waals surface area contributed by atoms with Crippen molar-refractivity contribution >= 4 is 17.2 Å². The average molecular weight is 210 g/mol. The molecule has 0 spiro atoms. The van der Waals surface area contributed by atoms with E-state index in [1.807, 2.05) is 12.1 Å². The monoisotopic (exact) mass is 210 g/mol. The van der Waals surface area contributed by atoms with Crippen LogP contribution >= 0.6 is 11.3 Å². The smallest absolute Gasteiger partial charge is 0.273 e. The lowest BCUT2D eigenvalue weighted by Crippen LogP contribution is -2.36. The second kappa shape index (κ2) is 4.11. The normalized spacial score (nSPS) is 16.2. The molecule has 2 heterocycles. The second-order valence-corrected chi connectivity index (χ2v) is 4.51. The minimum atomic E-state index is 0.118. The molecule has 1 aliphatic heterocycles. The molecule has 0 aromatic carbocycles. The number of rotatable bonds is 2. The average Bonchev–Trinajstić information content (AvgIpc) is 2.88. The van der Waals surface area contributed by atoms with E-state index in [1.54, 1.807) is 16.3 Å². The van der Waals surface area contributed by atoms with Crippen LogP contribution in [0.25, 0.3) is 0 Å². The van der Waals surface area contributed by atoms with Gasteiger partial charge in [0.05, 0.1) is 4.88 Å². The van der Waals surface area contributed by atoms with Crippen LogP contribution in [0.3, 0.4) is 0 Å². The van der Waals surface area contributed by atoms with E-state index in [1.165, 1.54) is 4.88 Å². The summed E-state index contributed by atoms with van der Waals surface area (Å²) in [6.45, 7) is 3.85. The molecule has 3 nitrogen and oxygen atoms in total. The van der Waals surface area contributed by atoms with Crippen molar-refractivity contribution in [3.63, 3.8) is 0 Å². The Morgan fingerprint density at radius 2 is 2.50 bits per heavy atom. The van der Waals surface area contributed by atoms with Crippen LogP contribution in [0.15, 0.2) is 12.1 Å². The van der Waals surface area contributed by atoms with E-state index in [-0.39, 0.29) is 5.91 Å². The molecule has 14 heavy (non-hydrogen) atoms. The second-order valence-electron chi connectivity index (χ2n) is 3.34. The van der Waals surface area contributed by atoms with E-state index in [2.05, 4.69) is 12.3 Å². The molecule has 1 amide bonds. The van der Waals surface area contributed by atoms with Crippen LogP contribution in [0.2, 0.25) is 0 Å². The molecule has 2 rings (SSSR count). The van der Waals surface area contributed by atoms with Gasteiger partial charge in [-0.05, 0) is 25.0 Å². The first-order valence-electron chi connectivity index (χ1n) is 4.95. The Labute approximate surface area is 87.7 Å². The van der Waals surface area contributed by atoms with E-state index in [4.69, 9.17) is 0 Å². The van der Waals surface area contributed by atoms with E-state index in [0.717, 1.165) is 30.8 Å². The van der Waals surface area contributed by atoms with Crippen molar-refractivity contribution in [2.24, 2.45) is 0 Å². The molecule has 0 radical (unpaired) electrons. The maximum Gasteiger partial charge on any atom is 0.278 e. The van der Waals surface area contributed by atoms with Crippen molar-refractivity contribution < 1.29 is 4.79 Å². The Morgan fingerprint density at radius 1 is 1.64 bits per heavy atom. The van der Waals surface area contributed by atoms with Gasteiger partial charge >= 0.3 is 0 Å². The van der Waals surface area contributed by atoms with Gasteiger partial charge in [-0.15, -0.1) is 11.3 Å². The Bertz CT molecular complexity index is 329. The molecule has 1 saturated heterocycles. The fraction of sp³-hybridized carbons (Fsp3) is 0.500. The summed E-state index contributed by atoms with van der Waals surface area (Å²) >= 11 is 1.60. The van der Waals surface area contributed by atoms with Crippen molar-refractivity contribution in [3.8, 4) is 0 Å². The summed E-state index contributed by atoms with van der Waals surface area (Å²) in [5.74, 6) is 0.118. The van der Waals surface area contributed by atoms with Gasteiger partial charge in [0, 0.05) is 18.0 Å². The molecule has 0 saturated carbocycles. The zero-order valence-electron chi connectivity index (χ0n) is 8.25. The Balaban J connectivity index is 2.09. The lowest BCUT2D eigenvalue weighted by Gasteiger charge is -2.13. The van der Waals surface area contributed by atoms with E-state index < -0.39 is 0 Å². The highest BCUT2D eigenvalue weighted by Crippen LogP contribution is 2.18. The van der Waals surface area contributed by atoms with Crippen LogP contribution in [0, 0.1) is 0 Å². The number of nitrogens with zero attached hydrogens (tertiary/aromatic N) is 1. The maximum atomic E-state index is 11.9. The van der Waals surface area contributed by atoms with Gasteiger partial charge < -0.3 is 0 Å². The third-order valence-electron chi connectivity index (χ3n) is 2.33. The summed E-state index contributed by atoms with van der Waals surface area (Å²) in [5, 5.41) is 1.71. The molecule has 0 bridgehead atoms. The number of carbonyl (C=O) groups excluding carboxylic acids is 1. The number of aryl methyl sites for hydroxylation is 1.